The number of rotatable bonds is 2. The Kier molecular flexibility index (Phi) is 10.9. The first kappa shape index (κ1) is 22.9. The maximum Gasteiger partial charge on any atom is 0.129 e. The first-order valence-corrected chi connectivity index (χ1v) is 8.89. The molecule has 0 heterocycles. The fraction of sp³-hybridized carbons (Fsp3) is 0.400. The van der Waals surface area contributed by atoms with Gasteiger partial charge in [0, 0.05) is 15.6 Å². The topological polar surface area (TPSA) is 0 Å². The van der Waals surface area contributed by atoms with E-state index in [1.54, 1.807) is 13.8 Å². The second kappa shape index (κ2) is 11.4. The van der Waals surface area contributed by atoms with Gasteiger partial charge in [-0.05, 0) is 41.7 Å². The van der Waals surface area contributed by atoms with E-state index in [1.165, 1.54) is 18.2 Å². The van der Waals surface area contributed by atoms with Gasteiger partial charge in [-0.15, -0.1) is 0 Å². The fourth-order valence-electron chi connectivity index (χ4n) is 2.12. The lowest BCUT2D eigenvalue weighted by atomic mass is 10.0. The average Bonchev–Trinajstić information content (AvgIpc) is 2.49. The summed E-state index contributed by atoms with van der Waals surface area (Å²) in [7, 11) is 0. The molecule has 0 nitrogen and oxygen atoms in total. The van der Waals surface area contributed by atoms with Crippen LogP contribution in [0.5, 0.6) is 0 Å². The van der Waals surface area contributed by atoms with Crippen molar-refractivity contribution in [2.24, 2.45) is 0 Å². The fourth-order valence-corrected chi connectivity index (χ4v) is 2.96. The highest BCUT2D eigenvalue weighted by atomic mass is 35.5. The van der Waals surface area contributed by atoms with E-state index >= 15 is 0 Å². The van der Waals surface area contributed by atoms with E-state index in [9.17, 15) is 8.78 Å². The van der Waals surface area contributed by atoms with Crippen LogP contribution in [0.2, 0.25) is 10.0 Å². The highest BCUT2D eigenvalue weighted by Gasteiger charge is 2.10. The SMILES string of the molecule is CC.CC(C)c1c(Cl)cccc1Cl.CC(C)c1c(F)cccc1F. The van der Waals surface area contributed by atoms with Crippen LogP contribution in [0.25, 0.3) is 0 Å². The monoisotopic (exact) mass is 374 g/mol. The molecule has 0 aliphatic heterocycles. The zero-order valence-electron chi connectivity index (χ0n) is 15.1. The van der Waals surface area contributed by atoms with Crippen molar-refractivity contribution in [3.63, 3.8) is 0 Å². The smallest absolute Gasteiger partial charge is 0.129 e. The Morgan fingerprint density at radius 2 is 1.00 bits per heavy atom. The molecule has 0 bridgehead atoms. The molecule has 0 aliphatic rings. The Morgan fingerprint density at radius 3 is 1.25 bits per heavy atom. The Labute approximate surface area is 154 Å². The molecule has 0 N–H and O–H groups in total. The van der Waals surface area contributed by atoms with Crippen LogP contribution in [0.3, 0.4) is 0 Å². The van der Waals surface area contributed by atoms with Crippen LogP contribution in [0.4, 0.5) is 8.78 Å². The van der Waals surface area contributed by atoms with E-state index in [1.807, 2.05) is 32.0 Å². The quantitative estimate of drug-likeness (QED) is 0.496. The zero-order chi connectivity index (χ0) is 18.9. The van der Waals surface area contributed by atoms with Crippen molar-refractivity contribution in [2.75, 3.05) is 0 Å². The summed E-state index contributed by atoms with van der Waals surface area (Å²) in [6, 6.07) is 9.51. The standard InChI is InChI=1S/C9H10Cl2.C9H10F2.C2H6/c2*1-6(2)9-7(10)4-3-5-8(9)11;1-2/h2*3-6H,1-2H3;1-2H3. The van der Waals surface area contributed by atoms with Gasteiger partial charge in [0.25, 0.3) is 0 Å². The summed E-state index contributed by atoms with van der Waals surface area (Å²) in [4.78, 5) is 0. The molecule has 2 aromatic rings. The second-order valence-corrected chi connectivity index (χ2v) is 6.39. The minimum atomic E-state index is -0.458. The highest BCUT2D eigenvalue weighted by Crippen LogP contribution is 2.30. The largest absolute Gasteiger partial charge is 0.207 e. The second-order valence-electron chi connectivity index (χ2n) is 5.58. The molecule has 2 aromatic carbocycles. The third-order valence-corrected chi connectivity index (χ3v) is 3.81. The van der Waals surface area contributed by atoms with E-state index in [-0.39, 0.29) is 11.5 Å². The predicted octanol–water partition coefficient (Wildman–Crippen LogP) is 8.23. The van der Waals surface area contributed by atoms with Crippen molar-refractivity contribution < 1.29 is 8.78 Å². The van der Waals surface area contributed by atoms with Gasteiger partial charge >= 0.3 is 0 Å². The number of halogens is 4. The normalized spacial score (nSPS) is 10.0. The van der Waals surface area contributed by atoms with Gasteiger partial charge in [-0.3, -0.25) is 0 Å². The Bertz CT molecular complexity index is 527. The molecule has 0 unspecified atom stereocenters. The first-order chi connectivity index (χ1) is 11.3. The predicted molar refractivity (Wildman–Crippen MR) is 102 cm³/mol. The molecule has 134 valence electrons. The first-order valence-electron chi connectivity index (χ1n) is 8.13. The third kappa shape index (κ3) is 6.78. The third-order valence-electron chi connectivity index (χ3n) is 3.15. The summed E-state index contributed by atoms with van der Waals surface area (Å²) < 4.78 is 25.7. The maximum atomic E-state index is 12.9. The number of benzene rings is 2. The van der Waals surface area contributed by atoms with Gasteiger partial charge in [-0.1, -0.05) is 76.9 Å². The van der Waals surface area contributed by atoms with E-state index < -0.39 is 11.6 Å². The van der Waals surface area contributed by atoms with Crippen molar-refractivity contribution in [1.29, 1.82) is 0 Å². The molecule has 4 heteroatoms. The minimum absolute atomic E-state index is 0.101. The van der Waals surface area contributed by atoms with Crippen LogP contribution >= 0.6 is 23.2 Å². The average molecular weight is 375 g/mol. The van der Waals surface area contributed by atoms with Gasteiger partial charge in [-0.25, -0.2) is 8.78 Å². The molecule has 0 saturated carbocycles. The molecule has 24 heavy (non-hydrogen) atoms. The molecule has 0 aromatic heterocycles. The van der Waals surface area contributed by atoms with E-state index in [0.29, 0.717) is 5.92 Å². The van der Waals surface area contributed by atoms with E-state index in [0.717, 1.165) is 15.6 Å². The molecular formula is C20H26Cl2F2. The summed E-state index contributed by atoms with van der Waals surface area (Å²) >= 11 is 11.9. The van der Waals surface area contributed by atoms with Crippen LogP contribution in [-0.2, 0) is 0 Å². The van der Waals surface area contributed by atoms with Crippen LogP contribution < -0.4 is 0 Å². The summed E-state index contributed by atoms with van der Waals surface area (Å²) in [6.07, 6.45) is 0. The summed E-state index contributed by atoms with van der Waals surface area (Å²) in [5, 5.41) is 1.51. The molecular weight excluding hydrogens is 349 g/mol. The molecule has 0 radical (unpaired) electrons. The molecule has 0 fully saturated rings. The summed E-state index contributed by atoms with van der Waals surface area (Å²) in [6.45, 7) is 11.7. The number of hydrogen-bond acceptors (Lipinski definition) is 0. The Morgan fingerprint density at radius 1 is 0.667 bits per heavy atom. The lowest BCUT2D eigenvalue weighted by molar-refractivity contribution is 0.542. The maximum absolute atomic E-state index is 12.9. The van der Waals surface area contributed by atoms with Crippen molar-refractivity contribution >= 4 is 23.2 Å². The lowest BCUT2D eigenvalue weighted by Gasteiger charge is -2.09. The zero-order valence-corrected chi connectivity index (χ0v) is 16.6. The number of hydrogen-bond donors (Lipinski definition) is 0. The van der Waals surface area contributed by atoms with Gasteiger partial charge < -0.3 is 0 Å². The van der Waals surface area contributed by atoms with Gasteiger partial charge in [0.2, 0.25) is 0 Å². The molecule has 0 amide bonds. The van der Waals surface area contributed by atoms with E-state index in [2.05, 4.69) is 13.8 Å². The van der Waals surface area contributed by atoms with Gasteiger partial charge in [0.15, 0.2) is 0 Å². The molecule has 2 rings (SSSR count). The van der Waals surface area contributed by atoms with Crippen LogP contribution in [0.15, 0.2) is 36.4 Å². The van der Waals surface area contributed by atoms with Gasteiger partial charge in [0.1, 0.15) is 11.6 Å². The summed E-state index contributed by atoms with van der Waals surface area (Å²) in [5.41, 5.74) is 1.21. The Hall–Kier alpha value is -1.12. The minimum Gasteiger partial charge on any atom is -0.207 e. The van der Waals surface area contributed by atoms with Crippen molar-refractivity contribution in [3.05, 3.63) is 69.2 Å². The van der Waals surface area contributed by atoms with E-state index in [4.69, 9.17) is 23.2 Å². The van der Waals surface area contributed by atoms with Crippen LogP contribution in [0, 0.1) is 11.6 Å². The summed E-state index contributed by atoms with van der Waals surface area (Å²) in [5.74, 6) is -0.632. The molecule has 0 aliphatic carbocycles. The van der Waals surface area contributed by atoms with Crippen LogP contribution in [0.1, 0.15) is 64.5 Å². The molecule has 0 spiro atoms. The van der Waals surface area contributed by atoms with Crippen molar-refractivity contribution in [2.45, 2.75) is 53.4 Å². The van der Waals surface area contributed by atoms with Crippen molar-refractivity contribution in [3.8, 4) is 0 Å². The molecule has 0 saturated heterocycles. The van der Waals surface area contributed by atoms with Gasteiger partial charge in [0.05, 0.1) is 0 Å². The van der Waals surface area contributed by atoms with Crippen LogP contribution in [-0.4, -0.2) is 0 Å². The highest BCUT2D eigenvalue weighted by molar-refractivity contribution is 6.36. The lowest BCUT2D eigenvalue weighted by Crippen LogP contribution is -1.96. The van der Waals surface area contributed by atoms with Gasteiger partial charge in [-0.2, -0.15) is 0 Å². The molecule has 0 atom stereocenters. The van der Waals surface area contributed by atoms with Crippen molar-refractivity contribution in [1.82, 2.24) is 0 Å². The Balaban J connectivity index is 0.000000400.